The van der Waals surface area contributed by atoms with Gasteiger partial charge in [-0.25, -0.2) is 4.98 Å². The summed E-state index contributed by atoms with van der Waals surface area (Å²) >= 11 is 0. The summed E-state index contributed by atoms with van der Waals surface area (Å²) < 4.78 is 6.81. The quantitative estimate of drug-likeness (QED) is 0.869. The molecule has 0 spiro atoms. The van der Waals surface area contributed by atoms with Crippen molar-refractivity contribution in [1.82, 2.24) is 14.8 Å². The number of amides is 2. The highest BCUT2D eigenvalue weighted by molar-refractivity contribution is 6.07. The van der Waals surface area contributed by atoms with Gasteiger partial charge < -0.3 is 15.8 Å². The number of nitrogens with two attached hydrogens (primary N) is 1. The molecule has 0 fully saturated rings. The van der Waals surface area contributed by atoms with Crippen molar-refractivity contribution >= 4 is 23.1 Å². The number of carbonyl (C=O) groups excluding carboxylic acids is 2. The van der Waals surface area contributed by atoms with E-state index in [1.54, 1.807) is 19.2 Å². The van der Waals surface area contributed by atoms with Crippen LogP contribution in [0.5, 0.6) is 0 Å². The first-order valence-corrected chi connectivity index (χ1v) is 7.43. The highest BCUT2D eigenvalue weighted by Crippen LogP contribution is 2.18. The van der Waals surface area contributed by atoms with Crippen LogP contribution in [0.1, 0.15) is 33.1 Å². The number of primary amides is 1. The number of ether oxygens (including phenoxy) is 1. The lowest BCUT2D eigenvalue weighted by Crippen LogP contribution is -2.19. The number of aryl methyl sites for hydroxylation is 1. The summed E-state index contributed by atoms with van der Waals surface area (Å²) in [6.45, 7) is 1.17. The third-order valence-corrected chi connectivity index (χ3v) is 3.53. The predicted octanol–water partition coefficient (Wildman–Crippen LogP) is 0.970. The Hall–Kier alpha value is -3.00. The molecule has 0 aliphatic carbocycles. The van der Waals surface area contributed by atoms with Crippen LogP contribution in [-0.4, -0.2) is 39.8 Å². The van der Waals surface area contributed by atoms with E-state index in [0.29, 0.717) is 18.9 Å². The zero-order chi connectivity index (χ0) is 17.1. The van der Waals surface area contributed by atoms with Gasteiger partial charge in [-0.1, -0.05) is 12.1 Å². The number of nitrogens with one attached hydrogen (secondary N) is 1. The summed E-state index contributed by atoms with van der Waals surface area (Å²) in [6.07, 6.45) is 4.39. The second-order valence-corrected chi connectivity index (χ2v) is 5.36. The summed E-state index contributed by atoms with van der Waals surface area (Å²) in [5, 5.41) is 6.55. The molecule has 3 heterocycles. The molecule has 3 N–H and O–H groups in total. The maximum Gasteiger partial charge on any atom is 0.274 e. The predicted molar refractivity (Wildman–Crippen MR) is 87.3 cm³/mol. The van der Waals surface area contributed by atoms with Crippen molar-refractivity contribution in [3.63, 3.8) is 0 Å². The smallest absolute Gasteiger partial charge is 0.274 e. The maximum atomic E-state index is 12.4. The van der Waals surface area contributed by atoms with Gasteiger partial charge in [-0.15, -0.1) is 0 Å². The number of aromatic nitrogens is 3. The minimum Gasteiger partial charge on any atom is -0.376 e. The molecule has 2 aromatic heterocycles. The lowest BCUT2D eigenvalue weighted by Gasteiger charge is -2.13. The summed E-state index contributed by atoms with van der Waals surface area (Å²) in [5.74, 6) is -1.15. The van der Waals surface area contributed by atoms with Crippen molar-refractivity contribution in [3.05, 3.63) is 47.6 Å². The first kappa shape index (κ1) is 15.9. The molecule has 8 nitrogen and oxygen atoms in total. The van der Waals surface area contributed by atoms with Crippen LogP contribution in [0.2, 0.25) is 0 Å². The Labute approximate surface area is 138 Å². The first-order chi connectivity index (χ1) is 11.5. The van der Waals surface area contributed by atoms with Crippen LogP contribution >= 0.6 is 0 Å². The van der Waals surface area contributed by atoms with E-state index in [9.17, 15) is 9.59 Å². The normalized spacial score (nSPS) is 14.1. The number of anilines is 1. The Morgan fingerprint density at radius 2 is 2.21 bits per heavy atom. The van der Waals surface area contributed by atoms with Crippen LogP contribution in [0.25, 0.3) is 5.57 Å². The molecule has 8 heteroatoms. The third kappa shape index (κ3) is 3.33. The molecule has 24 heavy (non-hydrogen) atoms. The molecule has 124 valence electrons. The molecule has 0 unspecified atom stereocenters. The fourth-order valence-corrected chi connectivity index (χ4v) is 2.42. The lowest BCUT2D eigenvalue weighted by atomic mass is 10.1. The van der Waals surface area contributed by atoms with E-state index in [-0.39, 0.29) is 17.1 Å². The topological polar surface area (TPSA) is 112 Å². The Kier molecular flexibility index (Phi) is 4.39. The van der Waals surface area contributed by atoms with Gasteiger partial charge in [-0.2, -0.15) is 5.10 Å². The molecule has 0 aromatic carbocycles. The second-order valence-electron chi connectivity index (χ2n) is 5.36. The maximum absolute atomic E-state index is 12.4. The van der Waals surface area contributed by atoms with Crippen LogP contribution in [0.15, 0.2) is 30.5 Å². The number of hydrogen-bond donors (Lipinski definition) is 2. The van der Waals surface area contributed by atoms with Gasteiger partial charge in [0.05, 0.1) is 24.6 Å². The fourth-order valence-electron chi connectivity index (χ4n) is 2.42. The molecule has 3 rings (SSSR count). The van der Waals surface area contributed by atoms with E-state index >= 15 is 0 Å². The van der Waals surface area contributed by atoms with E-state index in [4.69, 9.17) is 10.5 Å². The zero-order valence-corrected chi connectivity index (χ0v) is 13.2. The van der Waals surface area contributed by atoms with E-state index in [1.165, 1.54) is 10.9 Å². The Balaban J connectivity index is 1.83. The standard InChI is InChI=1S/C16H17N5O3/c1-21-8-13(14(20-21)15(17)22)19-16(23)12-6-2-5-11(18-12)10-4-3-7-24-9-10/h2,4-6,8H,3,7,9H2,1H3,(H2,17,22)(H,19,23). The summed E-state index contributed by atoms with van der Waals surface area (Å²) in [6, 6.07) is 5.19. The molecule has 0 atom stereocenters. The largest absolute Gasteiger partial charge is 0.376 e. The van der Waals surface area contributed by atoms with E-state index in [0.717, 1.165) is 12.0 Å². The third-order valence-electron chi connectivity index (χ3n) is 3.53. The Bertz CT molecular complexity index is 825. The van der Waals surface area contributed by atoms with E-state index < -0.39 is 11.8 Å². The zero-order valence-electron chi connectivity index (χ0n) is 13.2. The van der Waals surface area contributed by atoms with Gasteiger partial charge in [0, 0.05) is 13.2 Å². The first-order valence-electron chi connectivity index (χ1n) is 7.43. The van der Waals surface area contributed by atoms with Crippen LogP contribution in [0.3, 0.4) is 0 Å². The van der Waals surface area contributed by atoms with Crippen LogP contribution in [-0.2, 0) is 11.8 Å². The van der Waals surface area contributed by atoms with Gasteiger partial charge in [0.2, 0.25) is 0 Å². The molecule has 0 radical (unpaired) electrons. The number of hydrogen-bond acceptors (Lipinski definition) is 5. The van der Waals surface area contributed by atoms with Crippen molar-refractivity contribution in [2.75, 3.05) is 18.5 Å². The van der Waals surface area contributed by atoms with Crippen LogP contribution < -0.4 is 11.1 Å². The van der Waals surface area contributed by atoms with Crippen LogP contribution in [0.4, 0.5) is 5.69 Å². The minimum absolute atomic E-state index is 0.00499. The highest BCUT2D eigenvalue weighted by Gasteiger charge is 2.18. The molecule has 2 amide bonds. The van der Waals surface area contributed by atoms with E-state index in [1.807, 2.05) is 6.07 Å². The number of pyridine rings is 1. The van der Waals surface area contributed by atoms with Crippen LogP contribution in [0, 0.1) is 0 Å². The Morgan fingerprint density at radius 1 is 1.38 bits per heavy atom. The summed E-state index contributed by atoms with van der Waals surface area (Å²) in [7, 11) is 1.64. The molecule has 0 bridgehead atoms. The highest BCUT2D eigenvalue weighted by atomic mass is 16.5. The number of carbonyl (C=O) groups is 2. The van der Waals surface area contributed by atoms with Gasteiger partial charge in [0.15, 0.2) is 5.69 Å². The second kappa shape index (κ2) is 6.63. The lowest BCUT2D eigenvalue weighted by molar-refractivity contribution is 0.0995. The summed E-state index contributed by atoms with van der Waals surface area (Å²) in [4.78, 5) is 28.2. The number of rotatable bonds is 4. The molecule has 0 saturated heterocycles. The van der Waals surface area contributed by atoms with Crippen molar-refractivity contribution in [3.8, 4) is 0 Å². The van der Waals surface area contributed by atoms with Crippen molar-refractivity contribution < 1.29 is 14.3 Å². The molecular formula is C16H17N5O3. The van der Waals surface area contributed by atoms with Crippen molar-refractivity contribution in [2.45, 2.75) is 6.42 Å². The minimum atomic E-state index is -0.711. The van der Waals surface area contributed by atoms with E-state index in [2.05, 4.69) is 21.5 Å². The molecular weight excluding hydrogens is 310 g/mol. The molecule has 1 aliphatic rings. The molecule has 2 aromatic rings. The van der Waals surface area contributed by atoms with Crippen molar-refractivity contribution in [1.29, 1.82) is 0 Å². The molecule has 0 saturated carbocycles. The van der Waals surface area contributed by atoms with Gasteiger partial charge in [0.25, 0.3) is 11.8 Å². The fraction of sp³-hybridized carbons (Fsp3) is 0.250. The monoisotopic (exact) mass is 327 g/mol. The molecule has 1 aliphatic heterocycles. The average molecular weight is 327 g/mol. The number of nitrogens with zero attached hydrogens (tertiary/aromatic N) is 3. The SMILES string of the molecule is Cn1cc(NC(=O)c2cccc(C3=CCCOC3)n2)c(C(N)=O)n1. The van der Waals surface area contributed by atoms with Gasteiger partial charge in [-0.3, -0.25) is 14.3 Å². The summed E-state index contributed by atoms with van der Waals surface area (Å²) in [5.41, 5.74) is 7.40. The van der Waals surface area contributed by atoms with Gasteiger partial charge in [0.1, 0.15) is 5.69 Å². The van der Waals surface area contributed by atoms with Gasteiger partial charge in [-0.05, 0) is 24.1 Å². The average Bonchev–Trinajstić information content (AvgIpc) is 2.96. The van der Waals surface area contributed by atoms with Gasteiger partial charge >= 0.3 is 0 Å². The van der Waals surface area contributed by atoms with Crippen molar-refractivity contribution in [2.24, 2.45) is 12.8 Å². The Morgan fingerprint density at radius 3 is 2.92 bits per heavy atom.